The summed E-state index contributed by atoms with van der Waals surface area (Å²) >= 11 is 2.09. The van der Waals surface area contributed by atoms with Crippen molar-refractivity contribution in [2.24, 2.45) is 17.8 Å². The molecule has 0 aliphatic heterocycles. The number of carbonyl (C=O) groups is 2. The summed E-state index contributed by atoms with van der Waals surface area (Å²) in [7, 11) is 1.50. The summed E-state index contributed by atoms with van der Waals surface area (Å²) < 4.78 is 18.3. The first-order chi connectivity index (χ1) is 20.6. The van der Waals surface area contributed by atoms with Crippen molar-refractivity contribution < 1.29 is 39.1 Å². The minimum Gasteiger partial charge on any atom is -0.493 e. The maximum absolute atomic E-state index is 14.0. The van der Waals surface area contributed by atoms with Crippen LogP contribution in [0, 0.1) is 21.3 Å². The minimum atomic E-state index is -1.12. The lowest BCUT2D eigenvalue weighted by molar-refractivity contribution is -0.140. The van der Waals surface area contributed by atoms with E-state index in [0.717, 1.165) is 6.42 Å². The van der Waals surface area contributed by atoms with Crippen LogP contribution < -0.4 is 14.8 Å². The van der Waals surface area contributed by atoms with E-state index in [9.17, 15) is 24.9 Å². The van der Waals surface area contributed by atoms with Gasteiger partial charge >= 0.3 is 0 Å². The van der Waals surface area contributed by atoms with Gasteiger partial charge in [0, 0.05) is 38.1 Å². The molecule has 1 aromatic carbocycles. The third-order valence-electron chi connectivity index (χ3n) is 8.98. The number of halogens is 1. The van der Waals surface area contributed by atoms with Gasteiger partial charge in [-0.05, 0) is 104 Å². The summed E-state index contributed by atoms with van der Waals surface area (Å²) in [6, 6.07) is 2.74. The molecule has 1 aromatic rings. The number of methoxy groups -OCH3 is 1. The summed E-state index contributed by atoms with van der Waals surface area (Å²) in [6.07, 6.45) is 5.49. The summed E-state index contributed by atoms with van der Waals surface area (Å²) in [4.78, 5) is 28.9. The number of hydrogen-bond acceptors (Lipinski definition) is 8. The second-order valence-electron chi connectivity index (χ2n) is 12.3. The molecular weight excluding hydrogens is 667 g/mol. The molecular formula is C32H47IN2O8. The maximum atomic E-state index is 14.0. The SMILES string of the molecule is COc1cc(CO)cc(I)c1OC1C=C(C(=O)NCCO)CC(N(CCCOC(C)C)C(=O)CC2CC3CCC2C3)C1O. The van der Waals surface area contributed by atoms with Gasteiger partial charge in [0.1, 0.15) is 12.2 Å². The predicted molar refractivity (Wildman–Crippen MR) is 170 cm³/mol. The van der Waals surface area contributed by atoms with Crippen molar-refractivity contribution in [3.8, 4) is 11.5 Å². The molecule has 4 rings (SSSR count). The van der Waals surface area contributed by atoms with Crippen molar-refractivity contribution in [1.29, 1.82) is 0 Å². The Kier molecular flexibility index (Phi) is 12.5. The molecule has 0 aromatic heterocycles. The Balaban J connectivity index is 1.63. The van der Waals surface area contributed by atoms with Gasteiger partial charge in [-0.3, -0.25) is 9.59 Å². The molecule has 6 atom stereocenters. The number of amides is 2. The lowest BCUT2D eigenvalue weighted by atomic mass is 9.84. The number of rotatable bonds is 15. The zero-order valence-corrected chi connectivity index (χ0v) is 27.6. The first-order valence-electron chi connectivity index (χ1n) is 15.5. The third kappa shape index (κ3) is 8.62. The highest BCUT2D eigenvalue weighted by atomic mass is 127. The number of nitrogens with zero attached hydrogens (tertiary/aromatic N) is 1. The van der Waals surface area contributed by atoms with Gasteiger partial charge in [-0.25, -0.2) is 0 Å². The van der Waals surface area contributed by atoms with Crippen molar-refractivity contribution in [1.82, 2.24) is 10.2 Å². The number of ether oxygens (including phenoxy) is 3. The number of fused-ring (bicyclic) bond motifs is 2. The van der Waals surface area contributed by atoms with Crippen LogP contribution in [0.5, 0.6) is 11.5 Å². The Bertz CT molecular complexity index is 1140. The van der Waals surface area contributed by atoms with Crippen LogP contribution in [0.2, 0.25) is 0 Å². The Morgan fingerprint density at radius 1 is 1.19 bits per heavy atom. The first-order valence-corrected chi connectivity index (χ1v) is 16.6. The molecule has 0 spiro atoms. The molecule has 11 heteroatoms. The van der Waals surface area contributed by atoms with E-state index in [1.165, 1.54) is 26.4 Å². The molecule has 2 amide bonds. The monoisotopic (exact) mass is 714 g/mol. The zero-order valence-electron chi connectivity index (χ0n) is 25.5. The van der Waals surface area contributed by atoms with Crippen LogP contribution >= 0.6 is 22.6 Å². The van der Waals surface area contributed by atoms with Crippen molar-refractivity contribution in [2.75, 3.05) is 33.4 Å². The van der Waals surface area contributed by atoms with E-state index < -0.39 is 18.2 Å². The molecule has 0 heterocycles. The van der Waals surface area contributed by atoms with E-state index in [2.05, 4.69) is 27.9 Å². The van der Waals surface area contributed by atoms with Gasteiger partial charge in [0.2, 0.25) is 11.8 Å². The highest BCUT2D eigenvalue weighted by Gasteiger charge is 2.44. The van der Waals surface area contributed by atoms with E-state index in [0.29, 0.717) is 70.0 Å². The fraction of sp³-hybridized carbons (Fsp3) is 0.688. The Hall–Kier alpha value is -1.93. The van der Waals surface area contributed by atoms with Crippen molar-refractivity contribution >= 4 is 34.4 Å². The molecule has 43 heavy (non-hydrogen) atoms. The molecule has 240 valence electrons. The highest BCUT2D eigenvalue weighted by molar-refractivity contribution is 14.1. The fourth-order valence-corrected chi connectivity index (χ4v) is 7.68. The number of carbonyl (C=O) groups excluding carboxylic acids is 2. The van der Waals surface area contributed by atoms with Crippen molar-refractivity contribution in [2.45, 2.75) is 89.8 Å². The molecule has 2 saturated carbocycles. The fourth-order valence-electron chi connectivity index (χ4n) is 6.89. The van der Waals surface area contributed by atoms with E-state index in [4.69, 9.17) is 14.2 Å². The summed E-state index contributed by atoms with van der Waals surface area (Å²) in [6.45, 7) is 4.51. The number of nitrogens with one attached hydrogen (secondary N) is 1. The van der Waals surface area contributed by atoms with Gasteiger partial charge < -0.3 is 39.7 Å². The van der Waals surface area contributed by atoms with Crippen molar-refractivity contribution in [3.63, 3.8) is 0 Å². The average Bonchev–Trinajstić information content (AvgIpc) is 3.61. The van der Waals surface area contributed by atoms with Crippen LogP contribution in [0.1, 0.15) is 64.4 Å². The van der Waals surface area contributed by atoms with Crippen LogP contribution in [-0.4, -0.2) is 89.8 Å². The Morgan fingerprint density at radius 3 is 2.60 bits per heavy atom. The summed E-state index contributed by atoms with van der Waals surface area (Å²) in [5.41, 5.74) is 1.03. The van der Waals surface area contributed by atoms with Crippen LogP contribution in [0.25, 0.3) is 0 Å². The third-order valence-corrected chi connectivity index (χ3v) is 9.78. The number of benzene rings is 1. The molecule has 0 radical (unpaired) electrons. The topological polar surface area (TPSA) is 138 Å². The summed E-state index contributed by atoms with van der Waals surface area (Å²) in [5, 5.41) is 33.4. The van der Waals surface area contributed by atoms with Crippen LogP contribution in [0.4, 0.5) is 0 Å². The van der Waals surface area contributed by atoms with Crippen LogP contribution in [-0.2, 0) is 20.9 Å². The lowest BCUT2D eigenvalue weighted by Gasteiger charge is -2.41. The zero-order chi connectivity index (χ0) is 31.1. The van der Waals surface area contributed by atoms with Gasteiger partial charge in [-0.2, -0.15) is 0 Å². The number of hydrogen-bond donors (Lipinski definition) is 4. The average molecular weight is 715 g/mol. The number of aliphatic hydroxyl groups is 3. The van der Waals surface area contributed by atoms with Gasteiger partial charge in [0.15, 0.2) is 11.5 Å². The largest absolute Gasteiger partial charge is 0.493 e. The molecule has 0 saturated heterocycles. The van der Waals surface area contributed by atoms with Crippen LogP contribution in [0.15, 0.2) is 23.8 Å². The molecule has 10 nitrogen and oxygen atoms in total. The van der Waals surface area contributed by atoms with E-state index in [-0.39, 0.29) is 44.1 Å². The van der Waals surface area contributed by atoms with E-state index in [1.807, 2.05) is 13.8 Å². The lowest BCUT2D eigenvalue weighted by Crippen LogP contribution is -2.55. The maximum Gasteiger partial charge on any atom is 0.247 e. The van der Waals surface area contributed by atoms with E-state index >= 15 is 0 Å². The van der Waals surface area contributed by atoms with Gasteiger partial charge in [-0.15, -0.1) is 0 Å². The van der Waals surface area contributed by atoms with Gasteiger partial charge in [-0.1, -0.05) is 6.42 Å². The molecule has 3 aliphatic carbocycles. The molecule has 3 aliphatic rings. The molecule has 6 unspecified atom stereocenters. The standard InChI is InChI=1S/C32H47IN2O8/c1-19(2)42-10-4-8-35(29(38)17-23-12-20-5-6-22(23)11-20)26-15-24(32(40)34-7-9-36)16-27(30(26)39)43-31-25(33)13-21(18-37)14-28(31)41-3/h13-14,16,19-20,22-23,26-27,30,36-37,39H,4-12,15,17-18H2,1-3H3,(H,34,40). The Morgan fingerprint density at radius 2 is 1.98 bits per heavy atom. The quantitative estimate of drug-likeness (QED) is 0.161. The molecule has 4 N–H and O–H groups in total. The second-order valence-corrected chi connectivity index (χ2v) is 13.4. The van der Waals surface area contributed by atoms with Gasteiger partial charge in [0.05, 0.1) is 36.0 Å². The predicted octanol–water partition coefficient (Wildman–Crippen LogP) is 3.18. The van der Waals surface area contributed by atoms with Gasteiger partial charge in [0.25, 0.3) is 0 Å². The highest BCUT2D eigenvalue weighted by Crippen LogP contribution is 2.50. The smallest absolute Gasteiger partial charge is 0.247 e. The van der Waals surface area contributed by atoms with E-state index in [1.54, 1.807) is 23.1 Å². The first kappa shape index (κ1) is 34.0. The van der Waals surface area contributed by atoms with Crippen molar-refractivity contribution in [3.05, 3.63) is 32.9 Å². The molecule has 2 bridgehead atoms. The second kappa shape index (κ2) is 15.9. The Labute approximate surface area is 268 Å². The molecule has 2 fully saturated rings. The normalized spacial score (nSPS) is 26.4. The number of aliphatic hydroxyl groups excluding tert-OH is 3. The minimum absolute atomic E-state index is 0.0126. The van der Waals surface area contributed by atoms with Crippen LogP contribution in [0.3, 0.4) is 0 Å². The summed E-state index contributed by atoms with van der Waals surface area (Å²) in [5.74, 6) is 2.03.